The van der Waals surface area contributed by atoms with Gasteiger partial charge in [-0.05, 0) is 5.56 Å². The summed E-state index contributed by atoms with van der Waals surface area (Å²) in [6.45, 7) is 2.61. The molecular formula is C17H24N4O3. The van der Waals surface area contributed by atoms with Crippen LogP contribution in [0, 0.1) is 5.92 Å². The molecule has 0 aliphatic heterocycles. The molecule has 130 valence electrons. The summed E-state index contributed by atoms with van der Waals surface area (Å²) in [7, 11) is 3.32. The maximum Gasteiger partial charge on any atom is 0.246 e. The molecule has 0 fully saturated rings. The molecule has 1 amide bonds. The molecule has 0 spiro atoms. The average Bonchev–Trinajstić information content (AvgIpc) is 3.06. The third kappa shape index (κ3) is 4.62. The van der Waals surface area contributed by atoms with Gasteiger partial charge in [0, 0.05) is 26.6 Å². The van der Waals surface area contributed by atoms with E-state index in [1.54, 1.807) is 19.1 Å². The van der Waals surface area contributed by atoms with Gasteiger partial charge in [-0.3, -0.25) is 4.79 Å². The van der Waals surface area contributed by atoms with Crippen LogP contribution in [-0.2, 0) is 22.5 Å². The number of carbonyl (C=O) groups excluding carboxylic acids is 1. The first-order valence-corrected chi connectivity index (χ1v) is 7.88. The minimum absolute atomic E-state index is 0.0667. The molecule has 0 aliphatic carbocycles. The Labute approximate surface area is 141 Å². The molecule has 2 N–H and O–H groups in total. The van der Waals surface area contributed by atoms with Gasteiger partial charge in [-0.25, -0.2) is 0 Å². The van der Waals surface area contributed by atoms with Gasteiger partial charge < -0.3 is 19.9 Å². The van der Waals surface area contributed by atoms with E-state index in [-0.39, 0.29) is 24.4 Å². The second kappa shape index (κ2) is 8.56. The Morgan fingerprint density at radius 1 is 1.38 bits per heavy atom. The number of benzene rings is 1. The third-order valence-electron chi connectivity index (χ3n) is 3.90. The van der Waals surface area contributed by atoms with Crippen LogP contribution >= 0.6 is 0 Å². The van der Waals surface area contributed by atoms with Crippen molar-refractivity contribution in [1.29, 1.82) is 0 Å². The van der Waals surface area contributed by atoms with Crippen LogP contribution in [-0.4, -0.2) is 41.7 Å². The van der Waals surface area contributed by atoms with E-state index in [0.717, 1.165) is 5.56 Å². The fourth-order valence-electron chi connectivity index (χ4n) is 2.40. The summed E-state index contributed by atoms with van der Waals surface area (Å²) in [6.07, 6.45) is 0.576. The highest BCUT2D eigenvalue weighted by atomic mass is 16.5. The standard InChI is InChI=1S/C17H24N4O3/c1-12(16(18)13-7-5-4-6-8-13)17(22)21(2)11-15-19-14(20-24-15)9-10-23-3/h4-8,12,16H,9-11,18H2,1-3H3. The lowest BCUT2D eigenvalue weighted by molar-refractivity contribution is -0.135. The molecule has 2 rings (SSSR count). The quantitative estimate of drug-likeness (QED) is 0.788. The zero-order valence-corrected chi connectivity index (χ0v) is 14.3. The van der Waals surface area contributed by atoms with Crippen molar-refractivity contribution in [2.24, 2.45) is 11.7 Å². The van der Waals surface area contributed by atoms with Crippen molar-refractivity contribution in [1.82, 2.24) is 15.0 Å². The van der Waals surface area contributed by atoms with Gasteiger partial charge in [-0.15, -0.1) is 0 Å². The summed E-state index contributed by atoms with van der Waals surface area (Å²) in [5.41, 5.74) is 7.15. The second-order valence-corrected chi connectivity index (χ2v) is 5.77. The van der Waals surface area contributed by atoms with Crippen molar-refractivity contribution in [3.05, 3.63) is 47.6 Å². The summed E-state index contributed by atoms with van der Waals surface area (Å²) < 4.78 is 10.1. The molecule has 7 nitrogen and oxygen atoms in total. The number of carbonyl (C=O) groups is 1. The van der Waals surface area contributed by atoms with E-state index >= 15 is 0 Å². The predicted octanol–water partition coefficient (Wildman–Crippen LogP) is 1.55. The largest absolute Gasteiger partial charge is 0.384 e. The molecule has 2 atom stereocenters. The summed E-state index contributed by atoms with van der Waals surface area (Å²) in [5.74, 6) is 0.551. The summed E-state index contributed by atoms with van der Waals surface area (Å²) in [4.78, 5) is 18.4. The van der Waals surface area contributed by atoms with Crippen LogP contribution in [0.25, 0.3) is 0 Å². The molecule has 24 heavy (non-hydrogen) atoms. The fraction of sp³-hybridized carbons (Fsp3) is 0.471. The predicted molar refractivity (Wildman–Crippen MR) is 88.9 cm³/mol. The Morgan fingerprint density at radius 3 is 2.75 bits per heavy atom. The highest BCUT2D eigenvalue weighted by Gasteiger charge is 2.25. The fourth-order valence-corrected chi connectivity index (χ4v) is 2.40. The molecule has 0 radical (unpaired) electrons. The lowest BCUT2D eigenvalue weighted by atomic mass is 9.94. The van der Waals surface area contributed by atoms with Gasteiger partial charge in [0.2, 0.25) is 11.8 Å². The topological polar surface area (TPSA) is 94.5 Å². The van der Waals surface area contributed by atoms with Gasteiger partial charge in [0.25, 0.3) is 0 Å². The Balaban J connectivity index is 1.94. The van der Waals surface area contributed by atoms with Gasteiger partial charge in [0.1, 0.15) is 0 Å². The number of nitrogens with zero attached hydrogens (tertiary/aromatic N) is 3. The maximum absolute atomic E-state index is 12.6. The molecule has 0 saturated heterocycles. The van der Waals surface area contributed by atoms with Crippen LogP contribution in [0.1, 0.15) is 30.2 Å². The van der Waals surface area contributed by atoms with E-state index in [9.17, 15) is 4.79 Å². The van der Waals surface area contributed by atoms with E-state index in [0.29, 0.717) is 24.7 Å². The summed E-state index contributed by atoms with van der Waals surface area (Å²) >= 11 is 0. The number of hydrogen-bond acceptors (Lipinski definition) is 6. The molecule has 2 unspecified atom stereocenters. The first-order valence-electron chi connectivity index (χ1n) is 7.88. The zero-order valence-electron chi connectivity index (χ0n) is 14.3. The second-order valence-electron chi connectivity index (χ2n) is 5.77. The van der Waals surface area contributed by atoms with E-state index in [1.807, 2.05) is 37.3 Å². The number of nitrogens with two attached hydrogens (primary N) is 1. The monoisotopic (exact) mass is 332 g/mol. The molecule has 0 saturated carbocycles. The van der Waals surface area contributed by atoms with E-state index in [2.05, 4.69) is 10.1 Å². The van der Waals surface area contributed by atoms with Gasteiger partial charge in [-0.1, -0.05) is 42.4 Å². The molecular weight excluding hydrogens is 308 g/mol. The number of aromatic nitrogens is 2. The minimum atomic E-state index is -0.360. The SMILES string of the molecule is COCCc1noc(CN(C)C(=O)C(C)C(N)c2ccccc2)n1. The molecule has 1 heterocycles. The van der Waals surface area contributed by atoms with E-state index in [4.69, 9.17) is 15.0 Å². The molecule has 0 bridgehead atoms. The lowest BCUT2D eigenvalue weighted by Crippen LogP contribution is -2.36. The number of ether oxygens (including phenoxy) is 1. The molecule has 1 aromatic carbocycles. The summed E-state index contributed by atoms with van der Waals surface area (Å²) in [5, 5.41) is 3.86. The van der Waals surface area contributed by atoms with E-state index in [1.165, 1.54) is 0 Å². The molecule has 0 aliphatic rings. The van der Waals surface area contributed by atoms with Crippen molar-refractivity contribution >= 4 is 5.91 Å². The molecule has 7 heteroatoms. The van der Waals surface area contributed by atoms with Crippen LogP contribution in [0.5, 0.6) is 0 Å². The Hall–Kier alpha value is -2.25. The van der Waals surface area contributed by atoms with Crippen molar-refractivity contribution in [2.45, 2.75) is 25.9 Å². The van der Waals surface area contributed by atoms with Crippen molar-refractivity contribution in [2.75, 3.05) is 20.8 Å². The first-order chi connectivity index (χ1) is 11.5. The minimum Gasteiger partial charge on any atom is -0.384 e. The zero-order chi connectivity index (χ0) is 17.5. The molecule has 1 aromatic heterocycles. The average molecular weight is 332 g/mol. The smallest absolute Gasteiger partial charge is 0.246 e. The lowest BCUT2D eigenvalue weighted by Gasteiger charge is -2.24. The van der Waals surface area contributed by atoms with Crippen LogP contribution in [0.3, 0.4) is 0 Å². The van der Waals surface area contributed by atoms with Crippen LogP contribution in [0.2, 0.25) is 0 Å². The van der Waals surface area contributed by atoms with Crippen molar-refractivity contribution < 1.29 is 14.1 Å². The highest BCUT2D eigenvalue weighted by Crippen LogP contribution is 2.21. The number of methoxy groups -OCH3 is 1. The van der Waals surface area contributed by atoms with Gasteiger partial charge in [0.05, 0.1) is 19.1 Å². The third-order valence-corrected chi connectivity index (χ3v) is 3.90. The van der Waals surface area contributed by atoms with Crippen LogP contribution in [0.4, 0.5) is 0 Å². The number of rotatable bonds is 8. The van der Waals surface area contributed by atoms with Gasteiger partial charge in [0.15, 0.2) is 5.82 Å². The van der Waals surface area contributed by atoms with Gasteiger partial charge in [-0.2, -0.15) is 4.98 Å². The van der Waals surface area contributed by atoms with Crippen molar-refractivity contribution in [3.8, 4) is 0 Å². The number of hydrogen-bond donors (Lipinski definition) is 1. The Bertz CT molecular complexity index is 644. The Morgan fingerprint density at radius 2 is 2.08 bits per heavy atom. The number of amides is 1. The maximum atomic E-state index is 12.6. The highest BCUT2D eigenvalue weighted by molar-refractivity contribution is 5.79. The van der Waals surface area contributed by atoms with E-state index < -0.39 is 0 Å². The summed E-state index contributed by atoms with van der Waals surface area (Å²) in [6, 6.07) is 9.24. The normalized spacial score (nSPS) is 13.5. The van der Waals surface area contributed by atoms with Crippen LogP contribution in [0.15, 0.2) is 34.9 Å². The molecule has 2 aromatic rings. The van der Waals surface area contributed by atoms with Crippen molar-refractivity contribution in [3.63, 3.8) is 0 Å². The van der Waals surface area contributed by atoms with Crippen LogP contribution < -0.4 is 5.73 Å². The first kappa shape index (κ1) is 18.1. The van der Waals surface area contributed by atoms with Gasteiger partial charge >= 0.3 is 0 Å². The Kier molecular flexibility index (Phi) is 6.45.